The van der Waals surface area contributed by atoms with Crippen molar-refractivity contribution in [3.05, 3.63) is 45.9 Å². The molecule has 0 saturated heterocycles. The molecule has 3 amide bonds. The average molecular weight is 372 g/mol. The summed E-state index contributed by atoms with van der Waals surface area (Å²) in [7, 11) is 0. The summed E-state index contributed by atoms with van der Waals surface area (Å²) in [5, 5.41) is 30.8. The molecule has 0 saturated carbocycles. The van der Waals surface area contributed by atoms with Gasteiger partial charge in [-0.3, -0.25) is 10.2 Å². The molecule has 0 heterocycles. The zero-order valence-corrected chi connectivity index (χ0v) is 13.3. The largest absolute Gasteiger partial charge is 0.504 e. The summed E-state index contributed by atoms with van der Waals surface area (Å²) in [6.45, 7) is 0. The minimum atomic E-state index is -0.829. The summed E-state index contributed by atoms with van der Waals surface area (Å²) < 4.78 is 0. The summed E-state index contributed by atoms with van der Waals surface area (Å²) in [6, 6.07) is 5.48. The standard InChI is InChI=1S/C14H11Cl2N3O5/c15-8-2-1-7(5-9(8)16)17-14(24)19-18-13(23)6-3-10(20)12(22)11(21)4-6/h1-5,20-22H,(H,18,23)(H2,17,19,24). The van der Waals surface area contributed by atoms with Crippen molar-refractivity contribution in [2.45, 2.75) is 0 Å². The molecule has 2 rings (SSSR count). The smallest absolute Gasteiger partial charge is 0.337 e. The lowest BCUT2D eigenvalue weighted by atomic mass is 10.2. The molecule has 0 aliphatic rings. The first kappa shape index (κ1) is 17.5. The fourth-order valence-electron chi connectivity index (χ4n) is 1.66. The number of hydrazine groups is 1. The van der Waals surface area contributed by atoms with E-state index in [0.717, 1.165) is 12.1 Å². The first-order valence-electron chi connectivity index (χ1n) is 6.35. The van der Waals surface area contributed by atoms with E-state index in [2.05, 4.69) is 16.2 Å². The van der Waals surface area contributed by atoms with Gasteiger partial charge in [-0.2, -0.15) is 0 Å². The monoisotopic (exact) mass is 371 g/mol. The van der Waals surface area contributed by atoms with Crippen LogP contribution in [-0.2, 0) is 0 Å². The third-order valence-electron chi connectivity index (χ3n) is 2.80. The SMILES string of the molecule is O=C(NNC(=O)c1cc(O)c(O)c(O)c1)Nc1ccc(Cl)c(Cl)c1. The van der Waals surface area contributed by atoms with Crippen molar-refractivity contribution in [3.8, 4) is 17.2 Å². The first-order chi connectivity index (χ1) is 11.3. The molecule has 24 heavy (non-hydrogen) atoms. The van der Waals surface area contributed by atoms with Crippen LogP contribution in [0.25, 0.3) is 0 Å². The van der Waals surface area contributed by atoms with E-state index in [1.807, 2.05) is 0 Å². The van der Waals surface area contributed by atoms with Crippen molar-refractivity contribution < 1.29 is 24.9 Å². The number of amides is 3. The van der Waals surface area contributed by atoms with E-state index in [4.69, 9.17) is 23.2 Å². The molecular weight excluding hydrogens is 361 g/mol. The number of hydrogen-bond donors (Lipinski definition) is 6. The molecule has 126 valence electrons. The Labute approximate surface area is 145 Å². The van der Waals surface area contributed by atoms with Gasteiger partial charge < -0.3 is 20.6 Å². The van der Waals surface area contributed by atoms with E-state index in [1.165, 1.54) is 18.2 Å². The van der Waals surface area contributed by atoms with Crippen molar-refractivity contribution in [1.29, 1.82) is 0 Å². The predicted octanol–water partition coefficient (Wildman–Crippen LogP) is 2.58. The van der Waals surface area contributed by atoms with E-state index in [-0.39, 0.29) is 10.6 Å². The van der Waals surface area contributed by atoms with E-state index in [0.29, 0.717) is 10.7 Å². The van der Waals surface area contributed by atoms with Crippen LogP contribution in [0.3, 0.4) is 0 Å². The molecule has 0 fully saturated rings. The maximum absolute atomic E-state index is 11.8. The van der Waals surface area contributed by atoms with Crippen molar-refractivity contribution in [3.63, 3.8) is 0 Å². The topological polar surface area (TPSA) is 131 Å². The van der Waals surface area contributed by atoms with Gasteiger partial charge in [-0.1, -0.05) is 23.2 Å². The van der Waals surface area contributed by atoms with Gasteiger partial charge in [0.05, 0.1) is 10.0 Å². The molecule has 0 atom stereocenters. The van der Waals surface area contributed by atoms with Crippen LogP contribution in [0.2, 0.25) is 10.0 Å². The number of benzene rings is 2. The minimum Gasteiger partial charge on any atom is -0.504 e. The number of rotatable bonds is 2. The average Bonchev–Trinajstić information content (AvgIpc) is 2.53. The number of hydrogen-bond acceptors (Lipinski definition) is 5. The summed E-state index contributed by atoms with van der Waals surface area (Å²) in [4.78, 5) is 23.5. The molecule has 0 aliphatic heterocycles. The highest BCUT2D eigenvalue weighted by Crippen LogP contribution is 2.35. The third kappa shape index (κ3) is 4.12. The summed E-state index contributed by atoms with van der Waals surface area (Å²) in [5.74, 6) is -2.94. The number of phenolic OH excluding ortho intramolecular Hbond substituents is 3. The molecule has 2 aromatic rings. The second-order valence-electron chi connectivity index (χ2n) is 4.53. The van der Waals surface area contributed by atoms with Crippen LogP contribution in [0, 0.1) is 0 Å². The van der Waals surface area contributed by atoms with Crippen LogP contribution in [0.1, 0.15) is 10.4 Å². The Hall–Kier alpha value is -2.84. The zero-order chi connectivity index (χ0) is 17.9. The van der Waals surface area contributed by atoms with Crippen LogP contribution < -0.4 is 16.2 Å². The second kappa shape index (κ2) is 7.16. The van der Waals surface area contributed by atoms with Gasteiger partial charge in [0, 0.05) is 11.3 Å². The number of halogens is 2. The molecule has 0 spiro atoms. The molecule has 0 bridgehead atoms. The maximum Gasteiger partial charge on any atom is 0.337 e. The van der Waals surface area contributed by atoms with Crippen LogP contribution in [0.5, 0.6) is 17.2 Å². The molecule has 0 unspecified atom stereocenters. The minimum absolute atomic E-state index is 0.183. The lowest BCUT2D eigenvalue weighted by Crippen LogP contribution is -2.43. The molecule has 6 N–H and O–H groups in total. The Bertz CT molecular complexity index is 790. The normalized spacial score (nSPS) is 10.1. The number of anilines is 1. The number of urea groups is 1. The molecule has 8 nitrogen and oxygen atoms in total. The Morgan fingerprint density at radius 1 is 0.875 bits per heavy atom. The Balaban J connectivity index is 1.96. The highest BCUT2D eigenvalue weighted by atomic mass is 35.5. The van der Waals surface area contributed by atoms with Crippen molar-refractivity contribution in [1.82, 2.24) is 10.9 Å². The van der Waals surface area contributed by atoms with E-state index in [9.17, 15) is 24.9 Å². The van der Waals surface area contributed by atoms with Crippen molar-refractivity contribution in [2.75, 3.05) is 5.32 Å². The van der Waals surface area contributed by atoms with Crippen LogP contribution in [0.4, 0.5) is 10.5 Å². The van der Waals surface area contributed by atoms with Gasteiger partial charge in [0.1, 0.15) is 0 Å². The van der Waals surface area contributed by atoms with Crippen molar-refractivity contribution >= 4 is 40.8 Å². The quantitative estimate of drug-likeness (QED) is 0.356. The van der Waals surface area contributed by atoms with Gasteiger partial charge in [0.25, 0.3) is 5.91 Å². The lowest BCUT2D eigenvalue weighted by Gasteiger charge is -2.10. The van der Waals surface area contributed by atoms with Gasteiger partial charge in [0.2, 0.25) is 0 Å². The molecule has 0 aliphatic carbocycles. The predicted molar refractivity (Wildman–Crippen MR) is 87.5 cm³/mol. The highest BCUT2D eigenvalue weighted by Gasteiger charge is 2.14. The highest BCUT2D eigenvalue weighted by molar-refractivity contribution is 6.42. The maximum atomic E-state index is 11.8. The van der Waals surface area contributed by atoms with Gasteiger partial charge in [0.15, 0.2) is 17.2 Å². The second-order valence-corrected chi connectivity index (χ2v) is 5.34. The Morgan fingerprint density at radius 2 is 1.50 bits per heavy atom. The lowest BCUT2D eigenvalue weighted by molar-refractivity contribution is 0.0937. The van der Waals surface area contributed by atoms with E-state index < -0.39 is 29.2 Å². The number of nitrogens with one attached hydrogen (secondary N) is 3. The number of phenols is 3. The molecule has 2 aromatic carbocycles. The fraction of sp³-hybridized carbons (Fsp3) is 0. The van der Waals surface area contributed by atoms with Gasteiger partial charge in [-0.15, -0.1) is 0 Å². The summed E-state index contributed by atoms with van der Waals surface area (Å²) in [5.41, 5.74) is 4.28. The third-order valence-corrected chi connectivity index (χ3v) is 3.54. The van der Waals surface area contributed by atoms with Gasteiger partial charge >= 0.3 is 6.03 Å². The molecule has 0 radical (unpaired) electrons. The molecular formula is C14H11Cl2N3O5. The fourth-order valence-corrected chi connectivity index (χ4v) is 1.96. The van der Waals surface area contributed by atoms with Crippen LogP contribution in [-0.4, -0.2) is 27.3 Å². The van der Waals surface area contributed by atoms with Crippen molar-refractivity contribution in [2.24, 2.45) is 0 Å². The zero-order valence-electron chi connectivity index (χ0n) is 11.8. The summed E-state index contributed by atoms with van der Waals surface area (Å²) >= 11 is 11.6. The number of aromatic hydroxyl groups is 3. The number of carbonyl (C=O) groups excluding carboxylic acids is 2. The first-order valence-corrected chi connectivity index (χ1v) is 7.11. The Kier molecular flexibility index (Phi) is 5.22. The van der Waals surface area contributed by atoms with E-state index in [1.54, 1.807) is 0 Å². The van der Waals surface area contributed by atoms with Crippen LogP contribution in [0.15, 0.2) is 30.3 Å². The Morgan fingerprint density at radius 3 is 2.08 bits per heavy atom. The summed E-state index contributed by atoms with van der Waals surface area (Å²) in [6.07, 6.45) is 0. The molecule has 10 heteroatoms. The van der Waals surface area contributed by atoms with Gasteiger partial charge in [-0.25, -0.2) is 10.2 Å². The number of carbonyl (C=O) groups is 2. The van der Waals surface area contributed by atoms with E-state index >= 15 is 0 Å². The van der Waals surface area contributed by atoms with Gasteiger partial charge in [-0.05, 0) is 30.3 Å². The molecule has 0 aromatic heterocycles. The van der Waals surface area contributed by atoms with Crippen LogP contribution >= 0.6 is 23.2 Å².